The summed E-state index contributed by atoms with van der Waals surface area (Å²) in [5.74, 6) is -3.29. The van der Waals surface area contributed by atoms with E-state index in [0.717, 1.165) is 12.5 Å². The lowest BCUT2D eigenvalue weighted by Crippen LogP contribution is -2.54. The van der Waals surface area contributed by atoms with E-state index in [1.54, 1.807) is 0 Å². The SMILES string of the molecule is Cc1cc(C(=O)NC2(CC(=O)O)CCC2)nc(C(F)(F)F)n1. The van der Waals surface area contributed by atoms with Gasteiger partial charge in [0.1, 0.15) is 5.69 Å². The molecule has 0 atom stereocenters. The minimum absolute atomic E-state index is 0.00775. The number of carbonyl (C=O) groups excluding carboxylic acids is 1. The van der Waals surface area contributed by atoms with Crippen molar-refractivity contribution in [1.29, 1.82) is 0 Å². The zero-order chi connectivity index (χ0) is 16.5. The molecule has 22 heavy (non-hydrogen) atoms. The maximum absolute atomic E-state index is 12.7. The topological polar surface area (TPSA) is 92.2 Å². The Morgan fingerprint density at radius 1 is 1.36 bits per heavy atom. The van der Waals surface area contributed by atoms with Crippen molar-refractivity contribution in [2.24, 2.45) is 0 Å². The highest BCUT2D eigenvalue weighted by atomic mass is 19.4. The molecule has 0 saturated heterocycles. The summed E-state index contributed by atoms with van der Waals surface area (Å²) in [5.41, 5.74) is -1.31. The number of amides is 1. The van der Waals surface area contributed by atoms with Crippen molar-refractivity contribution < 1.29 is 27.9 Å². The summed E-state index contributed by atoms with van der Waals surface area (Å²) in [6.45, 7) is 1.32. The first kappa shape index (κ1) is 16.2. The molecule has 0 aliphatic heterocycles. The number of carboxylic acid groups (broad SMARTS) is 1. The highest BCUT2D eigenvalue weighted by molar-refractivity contribution is 5.93. The molecule has 120 valence electrons. The number of nitrogens with zero attached hydrogens (tertiary/aromatic N) is 2. The second kappa shape index (κ2) is 5.54. The number of aliphatic carboxylic acids is 1. The zero-order valence-electron chi connectivity index (χ0n) is 11.7. The Labute approximate surface area is 123 Å². The van der Waals surface area contributed by atoms with Crippen LogP contribution in [0.3, 0.4) is 0 Å². The molecular weight excluding hydrogens is 303 g/mol. The number of hydrogen-bond donors (Lipinski definition) is 2. The number of carbonyl (C=O) groups is 2. The van der Waals surface area contributed by atoms with Crippen LogP contribution in [0.2, 0.25) is 0 Å². The van der Waals surface area contributed by atoms with Gasteiger partial charge in [-0.15, -0.1) is 0 Å². The minimum atomic E-state index is -4.75. The van der Waals surface area contributed by atoms with E-state index in [2.05, 4.69) is 15.3 Å². The molecule has 1 fully saturated rings. The smallest absolute Gasteiger partial charge is 0.451 e. The van der Waals surface area contributed by atoms with E-state index in [4.69, 9.17) is 5.11 Å². The van der Waals surface area contributed by atoms with Crippen molar-refractivity contribution in [3.63, 3.8) is 0 Å². The lowest BCUT2D eigenvalue weighted by atomic mass is 9.74. The van der Waals surface area contributed by atoms with Crippen LogP contribution in [0.25, 0.3) is 0 Å². The Hall–Kier alpha value is -2.19. The lowest BCUT2D eigenvalue weighted by Gasteiger charge is -2.41. The molecule has 2 N–H and O–H groups in total. The van der Waals surface area contributed by atoms with E-state index in [1.165, 1.54) is 6.92 Å². The largest absolute Gasteiger partial charge is 0.481 e. The second-order valence-corrected chi connectivity index (χ2v) is 5.37. The monoisotopic (exact) mass is 317 g/mol. The van der Waals surface area contributed by atoms with E-state index in [0.29, 0.717) is 12.8 Å². The minimum Gasteiger partial charge on any atom is -0.481 e. The number of rotatable bonds is 4. The van der Waals surface area contributed by atoms with Crippen molar-refractivity contribution in [2.75, 3.05) is 0 Å². The van der Waals surface area contributed by atoms with Gasteiger partial charge in [0.2, 0.25) is 5.82 Å². The first-order chi connectivity index (χ1) is 10.1. The molecule has 1 aromatic heterocycles. The van der Waals surface area contributed by atoms with Crippen LogP contribution in [0, 0.1) is 6.92 Å². The van der Waals surface area contributed by atoms with E-state index < -0.39 is 35.1 Å². The number of nitrogens with one attached hydrogen (secondary N) is 1. The van der Waals surface area contributed by atoms with Crippen LogP contribution < -0.4 is 5.32 Å². The molecule has 0 bridgehead atoms. The maximum Gasteiger partial charge on any atom is 0.451 e. The van der Waals surface area contributed by atoms with Gasteiger partial charge in [0, 0.05) is 5.69 Å². The van der Waals surface area contributed by atoms with Crippen LogP contribution in [0.5, 0.6) is 0 Å². The third-order valence-electron chi connectivity index (χ3n) is 3.52. The van der Waals surface area contributed by atoms with E-state index >= 15 is 0 Å². The number of carboxylic acids is 1. The summed E-state index contributed by atoms with van der Waals surface area (Å²) in [6.07, 6.45) is -3.32. The molecule has 1 saturated carbocycles. The van der Waals surface area contributed by atoms with Crippen LogP contribution in [0.1, 0.15) is 47.7 Å². The van der Waals surface area contributed by atoms with Crippen molar-refractivity contribution in [3.8, 4) is 0 Å². The number of alkyl halides is 3. The molecule has 1 aromatic rings. The molecule has 2 rings (SSSR count). The first-order valence-electron chi connectivity index (χ1n) is 6.58. The summed E-state index contributed by atoms with van der Waals surface area (Å²) >= 11 is 0. The van der Waals surface area contributed by atoms with E-state index in [9.17, 15) is 22.8 Å². The summed E-state index contributed by atoms with van der Waals surface area (Å²) < 4.78 is 38.0. The number of hydrogen-bond acceptors (Lipinski definition) is 4. The molecule has 1 heterocycles. The highest BCUT2D eigenvalue weighted by Crippen LogP contribution is 2.35. The third kappa shape index (κ3) is 3.52. The number of halogens is 3. The molecule has 6 nitrogen and oxygen atoms in total. The summed E-state index contributed by atoms with van der Waals surface area (Å²) in [7, 11) is 0. The van der Waals surface area contributed by atoms with Gasteiger partial charge >= 0.3 is 12.1 Å². The predicted molar refractivity (Wildman–Crippen MR) is 68.1 cm³/mol. The van der Waals surface area contributed by atoms with Crippen LogP contribution >= 0.6 is 0 Å². The molecule has 9 heteroatoms. The summed E-state index contributed by atoms with van der Waals surface area (Å²) in [5, 5.41) is 11.4. The molecule has 0 aromatic carbocycles. The van der Waals surface area contributed by atoms with Gasteiger partial charge in [-0.2, -0.15) is 13.2 Å². The number of aromatic nitrogens is 2. The Morgan fingerprint density at radius 3 is 2.45 bits per heavy atom. The maximum atomic E-state index is 12.7. The Bertz CT molecular complexity index is 612. The second-order valence-electron chi connectivity index (χ2n) is 5.37. The van der Waals surface area contributed by atoms with Crippen LogP contribution in [0.15, 0.2) is 6.07 Å². The summed E-state index contributed by atoms with van der Waals surface area (Å²) in [4.78, 5) is 29.4. The van der Waals surface area contributed by atoms with E-state index in [-0.39, 0.29) is 12.1 Å². The van der Waals surface area contributed by atoms with Crippen molar-refractivity contribution in [1.82, 2.24) is 15.3 Å². The Kier molecular flexibility index (Phi) is 4.08. The summed E-state index contributed by atoms with van der Waals surface area (Å²) in [6, 6.07) is 1.14. The van der Waals surface area contributed by atoms with Gasteiger partial charge in [-0.25, -0.2) is 9.97 Å². The van der Waals surface area contributed by atoms with Gasteiger partial charge in [0.25, 0.3) is 5.91 Å². The first-order valence-corrected chi connectivity index (χ1v) is 6.58. The van der Waals surface area contributed by atoms with Crippen molar-refractivity contribution in [3.05, 3.63) is 23.3 Å². The number of aryl methyl sites for hydroxylation is 1. The molecule has 0 spiro atoms. The average molecular weight is 317 g/mol. The normalized spacial score (nSPS) is 16.7. The molecule has 0 radical (unpaired) electrons. The van der Waals surface area contributed by atoms with Crippen molar-refractivity contribution >= 4 is 11.9 Å². The molecular formula is C13H14F3N3O3. The average Bonchev–Trinajstić information content (AvgIpc) is 2.33. The molecule has 1 amide bonds. The van der Waals surface area contributed by atoms with Gasteiger partial charge in [0.15, 0.2) is 0 Å². The van der Waals surface area contributed by atoms with E-state index in [1.807, 2.05) is 0 Å². The fraction of sp³-hybridized carbons (Fsp3) is 0.538. The third-order valence-corrected chi connectivity index (χ3v) is 3.52. The fourth-order valence-electron chi connectivity index (χ4n) is 2.36. The predicted octanol–water partition coefficient (Wildman–Crippen LogP) is 1.93. The van der Waals surface area contributed by atoms with Crippen LogP contribution in [-0.4, -0.2) is 32.5 Å². The molecule has 0 unspecified atom stereocenters. The molecule has 1 aliphatic carbocycles. The Balaban J connectivity index is 2.22. The van der Waals surface area contributed by atoms with Crippen molar-refractivity contribution in [2.45, 2.75) is 44.3 Å². The highest BCUT2D eigenvalue weighted by Gasteiger charge is 2.41. The standard InChI is InChI=1S/C13H14F3N3O3/c1-7-5-8(18-11(17-7)13(14,15)16)10(22)19-12(3-2-4-12)6-9(20)21/h5H,2-4,6H2,1H3,(H,19,22)(H,20,21). The Morgan fingerprint density at radius 2 is 2.00 bits per heavy atom. The van der Waals surface area contributed by atoms with Crippen LogP contribution in [-0.2, 0) is 11.0 Å². The quantitative estimate of drug-likeness (QED) is 0.885. The fourth-order valence-corrected chi connectivity index (χ4v) is 2.36. The van der Waals surface area contributed by atoms with Gasteiger partial charge < -0.3 is 10.4 Å². The zero-order valence-corrected chi connectivity index (χ0v) is 11.7. The van der Waals surface area contributed by atoms with Gasteiger partial charge in [-0.05, 0) is 32.3 Å². The van der Waals surface area contributed by atoms with Gasteiger partial charge in [-0.3, -0.25) is 9.59 Å². The van der Waals surface area contributed by atoms with Gasteiger partial charge in [-0.1, -0.05) is 0 Å². The lowest BCUT2D eigenvalue weighted by molar-refractivity contribution is -0.145. The van der Waals surface area contributed by atoms with Crippen LogP contribution in [0.4, 0.5) is 13.2 Å². The molecule has 1 aliphatic rings. The van der Waals surface area contributed by atoms with Gasteiger partial charge in [0.05, 0.1) is 12.0 Å².